The number of alkyl halides is 3. The van der Waals surface area contributed by atoms with E-state index in [0.717, 1.165) is 10.5 Å². The third-order valence-electron chi connectivity index (χ3n) is 3.41. The summed E-state index contributed by atoms with van der Waals surface area (Å²) >= 11 is 1.45. The highest BCUT2D eigenvalue weighted by Crippen LogP contribution is 2.35. The number of halogens is 3. The molecule has 8 heteroatoms. The summed E-state index contributed by atoms with van der Waals surface area (Å²) in [7, 11) is -5.47. The number of nitrogens with zero attached hydrogens (tertiary/aromatic N) is 1. The van der Waals surface area contributed by atoms with Gasteiger partial charge in [0.05, 0.1) is 12.2 Å². The van der Waals surface area contributed by atoms with Crippen molar-refractivity contribution in [3.05, 3.63) is 59.7 Å². The largest absolute Gasteiger partial charge is 0.516 e. The molecule has 0 fully saturated rings. The van der Waals surface area contributed by atoms with Crippen LogP contribution in [0.3, 0.4) is 0 Å². The summed E-state index contributed by atoms with van der Waals surface area (Å²) in [5.41, 5.74) is -3.88. The smallest absolute Gasteiger partial charge is 0.258 e. The van der Waals surface area contributed by atoms with Gasteiger partial charge in [-0.25, -0.2) is 0 Å². The Hall–Kier alpha value is -1.67. The van der Waals surface area contributed by atoms with E-state index in [9.17, 15) is 21.6 Å². The molecule has 3 nitrogen and oxygen atoms in total. The molecule has 0 amide bonds. The molecule has 0 saturated carbocycles. The minimum atomic E-state index is -5.47. The van der Waals surface area contributed by atoms with Crippen molar-refractivity contribution in [3.63, 3.8) is 0 Å². The molecule has 0 aromatic heterocycles. The fourth-order valence-electron chi connectivity index (χ4n) is 2.32. The number of fused-ring (bicyclic) bond motifs is 4. The van der Waals surface area contributed by atoms with Crippen LogP contribution in [0.1, 0.15) is 11.1 Å². The zero-order chi connectivity index (χ0) is 16.7. The van der Waals surface area contributed by atoms with Crippen molar-refractivity contribution in [2.24, 2.45) is 0 Å². The molecule has 1 aliphatic rings. The molecule has 2 aromatic rings. The van der Waals surface area contributed by atoms with Gasteiger partial charge in [0.1, 0.15) is 0 Å². The first-order valence-corrected chi connectivity index (χ1v) is 9.10. The zero-order valence-electron chi connectivity index (χ0n) is 11.7. The first-order valence-electron chi connectivity index (χ1n) is 6.67. The van der Waals surface area contributed by atoms with Gasteiger partial charge in [0.2, 0.25) is 0 Å². The van der Waals surface area contributed by atoms with Crippen LogP contribution >= 0.6 is 11.8 Å². The number of sulfonamides is 1. The van der Waals surface area contributed by atoms with Crippen molar-refractivity contribution in [2.75, 3.05) is 4.31 Å². The number of benzene rings is 2. The van der Waals surface area contributed by atoms with Gasteiger partial charge in [0.25, 0.3) is 0 Å². The van der Waals surface area contributed by atoms with Crippen molar-refractivity contribution in [1.29, 1.82) is 0 Å². The summed E-state index contributed by atoms with van der Waals surface area (Å²) in [5, 5.41) is 0. The van der Waals surface area contributed by atoms with E-state index in [-0.39, 0.29) is 12.2 Å². The first kappa shape index (κ1) is 16.2. The van der Waals surface area contributed by atoms with E-state index in [1.54, 1.807) is 30.3 Å². The van der Waals surface area contributed by atoms with E-state index in [1.165, 1.54) is 23.9 Å². The Kier molecular flexibility index (Phi) is 4.05. The van der Waals surface area contributed by atoms with Gasteiger partial charge in [-0.05, 0) is 29.3 Å². The highest BCUT2D eigenvalue weighted by Gasteiger charge is 2.50. The van der Waals surface area contributed by atoms with Gasteiger partial charge >= 0.3 is 15.5 Å². The Morgan fingerprint density at radius 2 is 1.70 bits per heavy atom. The van der Waals surface area contributed by atoms with Crippen LogP contribution in [-0.2, 0) is 22.3 Å². The van der Waals surface area contributed by atoms with Gasteiger partial charge in [-0.1, -0.05) is 30.3 Å². The monoisotopic (exact) mass is 359 g/mol. The maximum atomic E-state index is 13.0. The second-order valence-corrected chi connectivity index (χ2v) is 7.97. The molecular weight excluding hydrogens is 347 g/mol. The molecule has 4 bridgehead atoms. The summed E-state index contributed by atoms with van der Waals surface area (Å²) < 4.78 is 63.4. The van der Waals surface area contributed by atoms with Gasteiger partial charge in [0, 0.05) is 10.6 Å². The fourth-order valence-corrected chi connectivity index (χ4v) is 4.17. The van der Waals surface area contributed by atoms with E-state index in [1.807, 2.05) is 6.07 Å². The third-order valence-corrected chi connectivity index (χ3v) is 5.98. The number of thioether (sulfide) groups is 1. The van der Waals surface area contributed by atoms with E-state index in [4.69, 9.17) is 0 Å². The van der Waals surface area contributed by atoms with E-state index < -0.39 is 15.5 Å². The highest BCUT2D eigenvalue weighted by molar-refractivity contribution is 7.98. The molecule has 0 aliphatic carbocycles. The molecule has 0 radical (unpaired) electrons. The minimum absolute atomic E-state index is 0.0135. The molecule has 0 atom stereocenters. The minimum Gasteiger partial charge on any atom is -0.258 e. The Morgan fingerprint density at radius 3 is 2.43 bits per heavy atom. The van der Waals surface area contributed by atoms with Crippen LogP contribution in [0.5, 0.6) is 0 Å². The SMILES string of the molecule is O=S(=O)(N1Cc2cccc(c2)CSc2cccc1c2)C(F)(F)F. The highest BCUT2D eigenvalue weighted by atomic mass is 32.2. The van der Waals surface area contributed by atoms with Gasteiger partial charge < -0.3 is 0 Å². The molecule has 1 aliphatic heterocycles. The summed E-state index contributed by atoms with van der Waals surface area (Å²) in [6, 6.07) is 13.1. The first-order chi connectivity index (χ1) is 10.8. The second kappa shape index (κ2) is 5.76. The predicted octanol–water partition coefficient (Wildman–Crippen LogP) is 4.15. The molecule has 0 N–H and O–H groups in total. The lowest BCUT2D eigenvalue weighted by Gasteiger charge is -2.26. The number of rotatable bonds is 1. The fraction of sp³-hybridized carbons (Fsp3) is 0.200. The maximum Gasteiger partial charge on any atom is 0.516 e. The molecule has 0 unspecified atom stereocenters. The molecule has 0 spiro atoms. The summed E-state index contributed by atoms with van der Waals surface area (Å²) in [5.74, 6) is 0.670. The van der Waals surface area contributed by atoms with Crippen LogP contribution in [0.2, 0.25) is 0 Å². The summed E-state index contributed by atoms with van der Waals surface area (Å²) in [4.78, 5) is 0.720. The topological polar surface area (TPSA) is 37.4 Å². The zero-order valence-corrected chi connectivity index (χ0v) is 13.4. The van der Waals surface area contributed by atoms with Crippen LogP contribution in [-0.4, -0.2) is 13.9 Å². The van der Waals surface area contributed by atoms with Gasteiger partial charge in [-0.15, -0.1) is 11.8 Å². The standard InChI is InChI=1S/C15H12F3NO2S2/c16-15(17,18)23(20,21)19-9-11-3-1-4-12(7-11)10-22-14-6-2-5-13(19)8-14/h1-8H,9-10H2. The lowest BCUT2D eigenvalue weighted by Crippen LogP contribution is -2.40. The van der Waals surface area contributed by atoms with Crippen LogP contribution in [0, 0.1) is 0 Å². The van der Waals surface area contributed by atoms with E-state index >= 15 is 0 Å². The Bertz CT molecular complexity index is 835. The molecule has 122 valence electrons. The summed E-state index contributed by atoms with van der Waals surface area (Å²) in [6.07, 6.45) is 0. The van der Waals surface area contributed by atoms with Crippen molar-refractivity contribution in [3.8, 4) is 0 Å². The van der Waals surface area contributed by atoms with Gasteiger partial charge in [0.15, 0.2) is 0 Å². The van der Waals surface area contributed by atoms with E-state index in [0.29, 0.717) is 15.6 Å². The van der Waals surface area contributed by atoms with Crippen LogP contribution in [0.25, 0.3) is 0 Å². The molecular formula is C15H12F3NO2S2. The quantitative estimate of drug-likeness (QED) is 0.768. The molecule has 1 heterocycles. The Labute approximate surface area is 136 Å². The predicted molar refractivity (Wildman–Crippen MR) is 83.6 cm³/mol. The molecule has 0 saturated heterocycles. The van der Waals surface area contributed by atoms with Crippen molar-refractivity contribution >= 4 is 27.5 Å². The van der Waals surface area contributed by atoms with Crippen molar-refractivity contribution in [1.82, 2.24) is 0 Å². The number of anilines is 1. The molecule has 3 rings (SSSR count). The van der Waals surface area contributed by atoms with Gasteiger partial charge in [-0.2, -0.15) is 21.6 Å². The van der Waals surface area contributed by atoms with E-state index in [2.05, 4.69) is 0 Å². The number of hydrogen-bond acceptors (Lipinski definition) is 3. The average Bonchev–Trinajstić information content (AvgIpc) is 2.49. The van der Waals surface area contributed by atoms with Crippen molar-refractivity contribution < 1.29 is 21.6 Å². The lowest BCUT2D eigenvalue weighted by atomic mass is 10.1. The van der Waals surface area contributed by atoms with Gasteiger partial charge in [-0.3, -0.25) is 4.31 Å². The summed E-state index contributed by atoms with van der Waals surface area (Å²) in [6.45, 7) is -0.357. The maximum absolute atomic E-state index is 13.0. The van der Waals surface area contributed by atoms with Crippen LogP contribution in [0.4, 0.5) is 18.9 Å². The third kappa shape index (κ3) is 3.18. The van der Waals surface area contributed by atoms with Crippen molar-refractivity contribution in [2.45, 2.75) is 22.7 Å². The molecule has 23 heavy (non-hydrogen) atoms. The normalized spacial score (nSPS) is 15.3. The number of hydrogen-bond donors (Lipinski definition) is 0. The van der Waals surface area contributed by atoms with Crippen LogP contribution < -0.4 is 4.31 Å². The second-order valence-electron chi connectivity index (χ2n) is 5.06. The lowest BCUT2D eigenvalue weighted by molar-refractivity contribution is -0.0438. The molecule has 2 aromatic carbocycles. The average molecular weight is 359 g/mol. The Morgan fingerprint density at radius 1 is 1.00 bits per heavy atom. The Balaban J connectivity index is 2.16. The van der Waals surface area contributed by atoms with Crippen LogP contribution in [0.15, 0.2) is 53.4 Å².